The van der Waals surface area contributed by atoms with Crippen molar-refractivity contribution in [2.45, 2.75) is 13.0 Å². The number of carbonyl (C=O) groups is 1. The van der Waals surface area contributed by atoms with Crippen LogP contribution in [0.5, 0.6) is 11.5 Å². The van der Waals surface area contributed by atoms with Gasteiger partial charge in [0.25, 0.3) is 0 Å². The first-order chi connectivity index (χ1) is 13.0. The van der Waals surface area contributed by atoms with E-state index < -0.39 is 17.7 Å². The van der Waals surface area contributed by atoms with Crippen LogP contribution in [0.1, 0.15) is 5.56 Å². The van der Waals surface area contributed by atoms with Crippen LogP contribution in [0.3, 0.4) is 0 Å². The fourth-order valence-corrected chi connectivity index (χ4v) is 2.58. The van der Waals surface area contributed by atoms with Crippen LogP contribution in [0, 0.1) is 18.6 Å². The molecule has 2 aromatic rings. The van der Waals surface area contributed by atoms with E-state index in [0.717, 1.165) is 11.6 Å². The van der Waals surface area contributed by atoms with Crippen molar-refractivity contribution in [2.24, 2.45) is 0 Å². The van der Waals surface area contributed by atoms with Crippen molar-refractivity contribution in [3.05, 3.63) is 53.6 Å². The third-order valence-electron chi connectivity index (χ3n) is 3.92. The van der Waals surface area contributed by atoms with Gasteiger partial charge < -0.3 is 24.8 Å². The molecule has 0 saturated carbocycles. The highest BCUT2D eigenvalue weighted by atomic mass is 19.1. The van der Waals surface area contributed by atoms with Gasteiger partial charge in [-0.2, -0.15) is 0 Å². The van der Waals surface area contributed by atoms with Gasteiger partial charge in [0.1, 0.15) is 17.3 Å². The minimum atomic E-state index is -0.942. The van der Waals surface area contributed by atoms with E-state index in [2.05, 4.69) is 10.6 Å². The van der Waals surface area contributed by atoms with Crippen molar-refractivity contribution in [3.63, 3.8) is 0 Å². The second-order valence-corrected chi connectivity index (χ2v) is 6.07. The number of anilines is 1. The monoisotopic (exact) mass is 378 g/mol. The van der Waals surface area contributed by atoms with Gasteiger partial charge in [-0.3, -0.25) is 0 Å². The van der Waals surface area contributed by atoms with Crippen LogP contribution in [0.2, 0.25) is 0 Å². The van der Waals surface area contributed by atoms with Gasteiger partial charge in [-0.15, -0.1) is 0 Å². The van der Waals surface area contributed by atoms with Crippen molar-refractivity contribution in [1.29, 1.82) is 0 Å². The number of carbonyl (C=O) groups excluding carboxylic acids is 1. The lowest BCUT2D eigenvalue weighted by Gasteiger charge is -2.18. The molecule has 2 N–H and O–H groups in total. The Morgan fingerprint density at radius 2 is 1.81 bits per heavy atom. The number of aryl methyl sites for hydroxylation is 1. The molecule has 0 unspecified atom stereocenters. The van der Waals surface area contributed by atoms with Crippen LogP contribution in [-0.4, -0.2) is 38.5 Å². The zero-order valence-electron chi connectivity index (χ0n) is 14.8. The molecule has 0 radical (unpaired) electrons. The fourth-order valence-electron chi connectivity index (χ4n) is 2.58. The molecule has 1 fully saturated rings. The molecule has 8 heteroatoms. The summed E-state index contributed by atoms with van der Waals surface area (Å²) in [6.45, 7) is 3.26. The lowest BCUT2D eigenvalue weighted by atomic mass is 10.2. The van der Waals surface area contributed by atoms with E-state index >= 15 is 0 Å². The summed E-state index contributed by atoms with van der Waals surface area (Å²) in [5, 5.41) is 5.02. The SMILES string of the molecule is Cc1ccccc1Oc1cc(F)cc(F)c1NC(=O)NC1COCCOC1. The van der Waals surface area contributed by atoms with Gasteiger partial charge in [0.05, 0.1) is 32.5 Å². The molecule has 1 heterocycles. The Hall–Kier alpha value is -2.71. The number of nitrogens with one attached hydrogen (secondary N) is 2. The Balaban J connectivity index is 1.77. The molecule has 1 aliphatic rings. The molecular formula is C19H20F2N2O4. The van der Waals surface area contributed by atoms with E-state index in [1.807, 2.05) is 6.07 Å². The number of amides is 2. The first kappa shape index (κ1) is 19.1. The topological polar surface area (TPSA) is 68.8 Å². The van der Waals surface area contributed by atoms with E-state index in [9.17, 15) is 13.6 Å². The van der Waals surface area contributed by atoms with Crippen LogP contribution < -0.4 is 15.4 Å². The summed E-state index contributed by atoms with van der Waals surface area (Å²) in [5.41, 5.74) is 0.526. The maximum absolute atomic E-state index is 14.3. The van der Waals surface area contributed by atoms with Gasteiger partial charge in [-0.05, 0) is 18.6 Å². The molecule has 0 spiro atoms. The van der Waals surface area contributed by atoms with Crippen LogP contribution in [0.4, 0.5) is 19.3 Å². The Morgan fingerprint density at radius 1 is 1.11 bits per heavy atom. The Morgan fingerprint density at radius 3 is 2.52 bits per heavy atom. The summed E-state index contributed by atoms with van der Waals surface area (Å²) in [7, 11) is 0. The number of ether oxygens (including phenoxy) is 3. The fraction of sp³-hybridized carbons (Fsp3) is 0.316. The normalized spacial score (nSPS) is 15.1. The van der Waals surface area contributed by atoms with E-state index in [-0.39, 0.29) is 30.7 Å². The molecule has 0 bridgehead atoms. The predicted octanol–water partition coefficient (Wildman–Crippen LogP) is 3.60. The summed E-state index contributed by atoms with van der Waals surface area (Å²) in [5.74, 6) is -1.46. The van der Waals surface area contributed by atoms with Gasteiger partial charge in [-0.1, -0.05) is 18.2 Å². The maximum Gasteiger partial charge on any atom is 0.319 e. The molecule has 1 aliphatic heterocycles. The molecule has 0 aromatic heterocycles. The van der Waals surface area contributed by atoms with Gasteiger partial charge >= 0.3 is 6.03 Å². The zero-order valence-corrected chi connectivity index (χ0v) is 14.8. The van der Waals surface area contributed by atoms with Crippen molar-refractivity contribution in [3.8, 4) is 11.5 Å². The average Bonchev–Trinajstić information content (AvgIpc) is 2.88. The number of hydrogen-bond donors (Lipinski definition) is 2. The second kappa shape index (κ2) is 8.79. The lowest BCUT2D eigenvalue weighted by Crippen LogP contribution is -2.42. The third kappa shape index (κ3) is 5.15. The third-order valence-corrected chi connectivity index (χ3v) is 3.92. The zero-order chi connectivity index (χ0) is 19.2. The number of halogens is 2. The molecule has 0 atom stereocenters. The van der Waals surface area contributed by atoms with Crippen LogP contribution in [0.25, 0.3) is 0 Å². The summed E-state index contributed by atoms with van der Waals surface area (Å²) < 4.78 is 44.2. The van der Waals surface area contributed by atoms with E-state index in [4.69, 9.17) is 14.2 Å². The number of hydrogen-bond acceptors (Lipinski definition) is 4. The molecule has 2 amide bonds. The van der Waals surface area contributed by atoms with Crippen LogP contribution in [0.15, 0.2) is 36.4 Å². The van der Waals surface area contributed by atoms with Gasteiger partial charge in [0.15, 0.2) is 11.6 Å². The molecule has 27 heavy (non-hydrogen) atoms. The Kier molecular flexibility index (Phi) is 6.20. The number of para-hydroxylation sites is 1. The minimum absolute atomic E-state index is 0.134. The van der Waals surface area contributed by atoms with Crippen LogP contribution in [-0.2, 0) is 9.47 Å². The van der Waals surface area contributed by atoms with E-state index in [1.54, 1.807) is 25.1 Å². The first-order valence-corrected chi connectivity index (χ1v) is 8.48. The standard InChI is InChI=1S/C19H20F2N2O4/c1-12-4-2-3-5-16(12)27-17-9-13(20)8-15(21)18(17)23-19(24)22-14-10-25-6-7-26-11-14/h2-5,8-9,14H,6-7,10-11H2,1H3,(H2,22,23,24). The highest BCUT2D eigenvalue weighted by Gasteiger charge is 2.20. The molecule has 3 rings (SSSR count). The predicted molar refractivity (Wildman–Crippen MR) is 95.2 cm³/mol. The number of rotatable bonds is 4. The Labute approximate surface area is 155 Å². The Bertz CT molecular complexity index is 808. The minimum Gasteiger partial charge on any atom is -0.455 e. The summed E-state index contributed by atoms with van der Waals surface area (Å²) in [6.07, 6.45) is 0. The van der Waals surface area contributed by atoms with Crippen molar-refractivity contribution >= 4 is 11.7 Å². The molecular weight excluding hydrogens is 358 g/mol. The molecule has 0 aliphatic carbocycles. The van der Waals surface area contributed by atoms with Gasteiger partial charge in [-0.25, -0.2) is 13.6 Å². The van der Waals surface area contributed by atoms with Crippen molar-refractivity contribution < 1.29 is 27.8 Å². The summed E-state index contributed by atoms with van der Waals surface area (Å²) >= 11 is 0. The molecule has 6 nitrogen and oxygen atoms in total. The average molecular weight is 378 g/mol. The van der Waals surface area contributed by atoms with Gasteiger partial charge in [0, 0.05) is 12.1 Å². The smallest absolute Gasteiger partial charge is 0.319 e. The van der Waals surface area contributed by atoms with Crippen molar-refractivity contribution in [2.75, 3.05) is 31.7 Å². The summed E-state index contributed by atoms with van der Waals surface area (Å²) in [4.78, 5) is 12.3. The quantitative estimate of drug-likeness (QED) is 0.853. The molecule has 2 aromatic carbocycles. The maximum atomic E-state index is 14.3. The number of urea groups is 1. The summed E-state index contributed by atoms with van der Waals surface area (Å²) in [6, 6.07) is 7.67. The van der Waals surface area contributed by atoms with Crippen LogP contribution >= 0.6 is 0 Å². The number of benzene rings is 2. The molecule has 144 valence electrons. The van der Waals surface area contributed by atoms with Crippen molar-refractivity contribution in [1.82, 2.24) is 5.32 Å². The highest BCUT2D eigenvalue weighted by Crippen LogP contribution is 2.34. The van der Waals surface area contributed by atoms with Gasteiger partial charge in [0.2, 0.25) is 0 Å². The largest absolute Gasteiger partial charge is 0.455 e. The van der Waals surface area contributed by atoms with E-state index in [0.29, 0.717) is 25.0 Å². The lowest BCUT2D eigenvalue weighted by molar-refractivity contribution is 0.103. The second-order valence-electron chi connectivity index (χ2n) is 6.07. The highest BCUT2D eigenvalue weighted by molar-refractivity contribution is 5.91. The van der Waals surface area contributed by atoms with E-state index in [1.165, 1.54) is 0 Å². The molecule has 1 saturated heterocycles. The first-order valence-electron chi connectivity index (χ1n) is 8.48.